The van der Waals surface area contributed by atoms with Crippen LogP contribution in [0.15, 0.2) is 0 Å². The summed E-state index contributed by atoms with van der Waals surface area (Å²) in [6.45, 7) is -0.432. The molecule has 0 radical (unpaired) electrons. The fourth-order valence-corrected chi connectivity index (χ4v) is 1.81. The number of amides is 3. The molecule has 7 heteroatoms. The summed E-state index contributed by atoms with van der Waals surface area (Å²) in [5.41, 5.74) is -1.09. The number of halogens is 2. The third-order valence-electron chi connectivity index (χ3n) is 2.59. The van der Waals surface area contributed by atoms with Crippen LogP contribution in [0.4, 0.5) is 13.6 Å². The lowest BCUT2D eigenvalue weighted by Gasteiger charge is -2.17. The predicted octanol–water partition coefficient (Wildman–Crippen LogP) is -0.0376. The molecule has 0 bridgehead atoms. The van der Waals surface area contributed by atoms with Gasteiger partial charge in [0, 0.05) is 13.0 Å². The molecule has 0 aromatic carbocycles. The molecule has 0 saturated carbocycles. The van der Waals surface area contributed by atoms with Gasteiger partial charge in [-0.05, 0) is 0 Å². The van der Waals surface area contributed by atoms with Crippen LogP contribution in [0.2, 0.25) is 0 Å². The van der Waals surface area contributed by atoms with E-state index in [1.165, 1.54) is 0 Å². The maximum atomic E-state index is 12.1. The van der Waals surface area contributed by atoms with Gasteiger partial charge in [-0.3, -0.25) is 9.69 Å². The zero-order chi connectivity index (χ0) is 11.1. The number of imide groups is 1. The van der Waals surface area contributed by atoms with E-state index in [-0.39, 0.29) is 6.61 Å². The highest BCUT2D eigenvalue weighted by Gasteiger charge is 2.53. The molecule has 5 nitrogen and oxygen atoms in total. The summed E-state index contributed by atoms with van der Waals surface area (Å²) in [6, 6.07) is -0.759. The molecule has 84 valence electrons. The van der Waals surface area contributed by atoms with Gasteiger partial charge >= 0.3 is 6.03 Å². The number of ether oxygens (including phenoxy) is 1. The Labute approximate surface area is 84.4 Å². The maximum Gasteiger partial charge on any atom is 0.325 e. The Bertz CT molecular complexity index is 302. The molecule has 0 aromatic heterocycles. The average molecular weight is 220 g/mol. The number of nitrogens with zero attached hydrogens (tertiary/aromatic N) is 1. The Kier molecular flexibility index (Phi) is 2.34. The summed E-state index contributed by atoms with van der Waals surface area (Å²) in [4.78, 5) is 23.5. The van der Waals surface area contributed by atoms with E-state index in [1.54, 1.807) is 0 Å². The van der Waals surface area contributed by atoms with Gasteiger partial charge in [0.2, 0.25) is 0 Å². The zero-order valence-electron chi connectivity index (χ0n) is 7.83. The first kappa shape index (κ1) is 10.3. The second kappa shape index (κ2) is 3.41. The summed E-state index contributed by atoms with van der Waals surface area (Å²) in [6.07, 6.45) is -2.37. The molecule has 0 aromatic rings. The molecule has 3 amide bonds. The van der Waals surface area contributed by atoms with Crippen molar-refractivity contribution in [3.05, 3.63) is 0 Å². The SMILES string of the molecule is O=C1NC2(CCOC2)C(=O)N1CC(F)F. The number of carbonyl (C=O) groups is 2. The summed E-state index contributed by atoms with van der Waals surface area (Å²) >= 11 is 0. The minimum absolute atomic E-state index is 0.0668. The van der Waals surface area contributed by atoms with Gasteiger partial charge in [0.15, 0.2) is 0 Å². The van der Waals surface area contributed by atoms with Crippen LogP contribution >= 0.6 is 0 Å². The van der Waals surface area contributed by atoms with Crippen molar-refractivity contribution in [3.63, 3.8) is 0 Å². The lowest BCUT2D eigenvalue weighted by molar-refractivity contribution is -0.132. The molecule has 2 saturated heterocycles. The lowest BCUT2D eigenvalue weighted by atomic mass is 9.99. The molecule has 1 spiro atoms. The van der Waals surface area contributed by atoms with Crippen LogP contribution < -0.4 is 5.32 Å². The normalized spacial score (nSPS) is 30.7. The van der Waals surface area contributed by atoms with Crippen LogP contribution in [-0.4, -0.2) is 48.6 Å². The molecule has 2 rings (SSSR count). The number of rotatable bonds is 2. The predicted molar refractivity (Wildman–Crippen MR) is 44.4 cm³/mol. The molecule has 1 N–H and O–H groups in total. The summed E-state index contributed by atoms with van der Waals surface area (Å²) in [5.74, 6) is -0.606. The smallest absolute Gasteiger partial charge is 0.325 e. The van der Waals surface area contributed by atoms with E-state index < -0.39 is 30.4 Å². The number of hydrogen-bond acceptors (Lipinski definition) is 3. The molecule has 2 fully saturated rings. The Morgan fingerprint density at radius 1 is 1.53 bits per heavy atom. The molecule has 1 atom stereocenters. The van der Waals surface area contributed by atoms with E-state index in [0.717, 1.165) is 0 Å². The minimum Gasteiger partial charge on any atom is -0.378 e. The quantitative estimate of drug-likeness (QED) is 0.664. The largest absolute Gasteiger partial charge is 0.378 e. The number of urea groups is 1. The summed E-state index contributed by atoms with van der Waals surface area (Å²) in [7, 11) is 0. The van der Waals surface area contributed by atoms with Crippen LogP contribution in [0, 0.1) is 0 Å². The molecule has 2 aliphatic heterocycles. The highest BCUT2D eigenvalue weighted by molar-refractivity contribution is 6.07. The van der Waals surface area contributed by atoms with E-state index >= 15 is 0 Å². The standard InChI is InChI=1S/C8H10F2N2O3/c9-5(10)3-12-6(13)8(11-7(12)14)1-2-15-4-8/h5H,1-4H2,(H,11,14). The average Bonchev–Trinajstić information content (AvgIpc) is 2.69. The number of nitrogens with one attached hydrogen (secondary N) is 1. The van der Waals surface area contributed by atoms with Gasteiger partial charge in [-0.15, -0.1) is 0 Å². The molecule has 2 heterocycles. The fourth-order valence-electron chi connectivity index (χ4n) is 1.81. The monoisotopic (exact) mass is 220 g/mol. The third kappa shape index (κ3) is 1.56. The van der Waals surface area contributed by atoms with Crippen LogP contribution in [0.1, 0.15) is 6.42 Å². The van der Waals surface area contributed by atoms with Crippen molar-refractivity contribution < 1.29 is 23.1 Å². The highest BCUT2D eigenvalue weighted by atomic mass is 19.3. The molecule has 0 aliphatic carbocycles. The van der Waals surface area contributed by atoms with E-state index in [9.17, 15) is 18.4 Å². The first-order valence-electron chi connectivity index (χ1n) is 4.55. The molecule has 15 heavy (non-hydrogen) atoms. The lowest BCUT2D eigenvalue weighted by Crippen LogP contribution is -2.47. The molecule has 2 aliphatic rings. The van der Waals surface area contributed by atoms with Crippen LogP contribution in [-0.2, 0) is 9.53 Å². The van der Waals surface area contributed by atoms with Gasteiger partial charge in [-0.25, -0.2) is 13.6 Å². The summed E-state index contributed by atoms with van der Waals surface area (Å²) in [5, 5.41) is 2.41. The second-order valence-electron chi connectivity index (χ2n) is 3.62. The topological polar surface area (TPSA) is 58.6 Å². The number of hydrogen-bond donors (Lipinski definition) is 1. The van der Waals surface area contributed by atoms with Crippen molar-refractivity contribution in [1.82, 2.24) is 10.2 Å². The first-order valence-corrected chi connectivity index (χ1v) is 4.55. The van der Waals surface area contributed by atoms with Crippen molar-refractivity contribution in [2.24, 2.45) is 0 Å². The highest BCUT2D eigenvalue weighted by Crippen LogP contribution is 2.27. The van der Waals surface area contributed by atoms with Crippen LogP contribution in [0.25, 0.3) is 0 Å². The van der Waals surface area contributed by atoms with Gasteiger partial charge in [-0.1, -0.05) is 0 Å². The van der Waals surface area contributed by atoms with Gasteiger partial charge in [0.25, 0.3) is 12.3 Å². The molecular weight excluding hydrogens is 210 g/mol. The van der Waals surface area contributed by atoms with E-state index in [0.29, 0.717) is 17.9 Å². The van der Waals surface area contributed by atoms with Crippen molar-refractivity contribution in [2.45, 2.75) is 18.4 Å². The first-order chi connectivity index (χ1) is 7.05. The van der Waals surface area contributed by atoms with Crippen LogP contribution in [0.5, 0.6) is 0 Å². The van der Waals surface area contributed by atoms with E-state index in [2.05, 4.69) is 5.32 Å². The Morgan fingerprint density at radius 2 is 2.27 bits per heavy atom. The minimum atomic E-state index is -2.71. The van der Waals surface area contributed by atoms with Gasteiger partial charge in [0.1, 0.15) is 5.54 Å². The van der Waals surface area contributed by atoms with Crippen molar-refractivity contribution >= 4 is 11.9 Å². The van der Waals surface area contributed by atoms with Gasteiger partial charge in [0.05, 0.1) is 13.2 Å². The van der Waals surface area contributed by atoms with E-state index in [1.807, 2.05) is 0 Å². The third-order valence-corrected chi connectivity index (χ3v) is 2.59. The molecular formula is C8H10F2N2O3. The van der Waals surface area contributed by atoms with Gasteiger partial charge in [-0.2, -0.15) is 0 Å². The Balaban J connectivity index is 2.15. The second-order valence-corrected chi connectivity index (χ2v) is 3.62. The van der Waals surface area contributed by atoms with E-state index in [4.69, 9.17) is 4.74 Å². The van der Waals surface area contributed by atoms with Crippen molar-refractivity contribution in [1.29, 1.82) is 0 Å². The van der Waals surface area contributed by atoms with Gasteiger partial charge < -0.3 is 10.1 Å². The zero-order valence-corrected chi connectivity index (χ0v) is 7.83. The Hall–Kier alpha value is -1.24. The maximum absolute atomic E-state index is 12.1. The summed E-state index contributed by atoms with van der Waals surface area (Å²) < 4.78 is 29.2. The number of carbonyl (C=O) groups excluding carboxylic acids is 2. The Morgan fingerprint density at radius 3 is 2.80 bits per heavy atom. The fraction of sp³-hybridized carbons (Fsp3) is 0.750. The number of alkyl halides is 2. The van der Waals surface area contributed by atoms with Crippen molar-refractivity contribution in [2.75, 3.05) is 19.8 Å². The van der Waals surface area contributed by atoms with Crippen LogP contribution in [0.3, 0.4) is 0 Å². The molecule has 1 unspecified atom stereocenters. The van der Waals surface area contributed by atoms with Crippen molar-refractivity contribution in [3.8, 4) is 0 Å².